The third kappa shape index (κ3) is 7.77. The number of nitrogens with one attached hydrogen (secondary N) is 1. The molecule has 5 N–H and O–H groups in total. The molecule has 0 radical (unpaired) electrons. The molecule has 0 bridgehead atoms. The Bertz CT molecular complexity index is 2150. The summed E-state index contributed by atoms with van der Waals surface area (Å²) in [6, 6.07) is 29.7. The number of aryl methyl sites for hydroxylation is 1. The van der Waals surface area contributed by atoms with Crippen molar-refractivity contribution in [3.8, 4) is 17.2 Å². The molecule has 11 nitrogen and oxygen atoms in total. The molecule has 49 heavy (non-hydrogen) atoms. The van der Waals surface area contributed by atoms with E-state index in [1.165, 1.54) is 23.0 Å². The van der Waals surface area contributed by atoms with E-state index in [1.54, 1.807) is 66.7 Å². The fourth-order valence-electron chi connectivity index (χ4n) is 5.08. The van der Waals surface area contributed by atoms with Gasteiger partial charge >= 0.3 is 0 Å². The molecule has 0 aliphatic rings. The lowest BCUT2D eigenvalue weighted by Gasteiger charge is -2.12. The minimum absolute atomic E-state index is 0.0197. The zero-order valence-electron chi connectivity index (χ0n) is 28.0. The summed E-state index contributed by atoms with van der Waals surface area (Å²) in [4.78, 5) is 13.9. The van der Waals surface area contributed by atoms with Crippen molar-refractivity contribution in [2.75, 3.05) is 11.2 Å². The maximum absolute atomic E-state index is 13.8. The van der Waals surface area contributed by atoms with Crippen molar-refractivity contribution < 1.29 is 22.7 Å². The van der Waals surface area contributed by atoms with Gasteiger partial charge < -0.3 is 20.6 Å². The Morgan fingerprint density at radius 2 is 1.39 bits per heavy atom. The summed E-state index contributed by atoms with van der Waals surface area (Å²) < 4.78 is 41.1. The van der Waals surface area contributed by atoms with Gasteiger partial charge in [-0.05, 0) is 107 Å². The zero-order chi connectivity index (χ0) is 35.3. The van der Waals surface area contributed by atoms with E-state index in [0.29, 0.717) is 22.3 Å². The van der Waals surface area contributed by atoms with Gasteiger partial charge in [0.25, 0.3) is 10.0 Å². The van der Waals surface area contributed by atoms with Crippen molar-refractivity contribution >= 4 is 38.2 Å². The molecule has 0 unspecified atom stereocenters. The molecule has 0 amide bonds. The molecular weight excluding hydrogens is 641 g/mol. The lowest BCUT2D eigenvalue weighted by molar-refractivity contribution is 0.103. The van der Waals surface area contributed by atoms with Crippen molar-refractivity contribution in [3.05, 3.63) is 126 Å². The van der Waals surface area contributed by atoms with Crippen molar-refractivity contribution in [2.24, 2.45) is 5.84 Å². The highest BCUT2D eigenvalue weighted by Gasteiger charge is 2.29. The minimum Gasteiger partial charge on any atom is -0.491 e. The molecule has 2 heterocycles. The number of nitrogens with two attached hydrogens (primary N) is 2. The quantitative estimate of drug-likeness (QED) is 0.0811. The summed E-state index contributed by atoms with van der Waals surface area (Å²) in [5.41, 5.74) is 11.8. The van der Waals surface area contributed by atoms with Crippen LogP contribution >= 0.6 is 0 Å². The van der Waals surface area contributed by atoms with Gasteiger partial charge in [0.2, 0.25) is 5.78 Å². The SMILES string of the molecule is CC(C)Oc1ccc(NN)cc1.Cc1ccc(S(=O)(=O)n2c(C(=O)c3cnn(-c4ccc(OC(C)C)cc4)c3N)cc3ccccc32)cc1. The number of carbonyl (C=O) groups excluding carboxylic acids is 1. The summed E-state index contributed by atoms with van der Waals surface area (Å²) in [6.07, 6.45) is 1.60. The smallest absolute Gasteiger partial charge is 0.268 e. The van der Waals surface area contributed by atoms with E-state index < -0.39 is 15.8 Å². The number of benzene rings is 4. The summed E-state index contributed by atoms with van der Waals surface area (Å²) in [5.74, 6) is 6.33. The number of nitrogens with zero attached hydrogens (tertiary/aromatic N) is 3. The predicted octanol–water partition coefficient (Wildman–Crippen LogP) is 6.73. The largest absolute Gasteiger partial charge is 0.491 e. The monoisotopic (exact) mass is 680 g/mol. The van der Waals surface area contributed by atoms with E-state index in [9.17, 15) is 13.2 Å². The number of anilines is 2. The van der Waals surface area contributed by atoms with Gasteiger partial charge in [-0.2, -0.15) is 5.10 Å². The molecule has 0 spiro atoms. The second kappa shape index (κ2) is 14.7. The molecule has 254 valence electrons. The highest BCUT2D eigenvalue weighted by Crippen LogP contribution is 2.29. The number of carbonyl (C=O) groups is 1. The lowest BCUT2D eigenvalue weighted by Crippen LogP contribution is -2.19. The molecule has 0 aliphatic heterocycles. The molecule has 0 atom stereocenters. The van der Waals surface area contributed by atoms with Crippen LogP contribution in [0.5, 0.6) is 11.5 Å². The summed E-state index contributed by atoms with van der Waals surface area (Å²) in [6.45, 7) is 9.75. The van der Waals surface area contributed by atoms with Crippen LogP contribution in [-0.4, -0.2) is 40.2 Å². The summed E-state index contributed by atoms with van der Waals surface area (Å²) in [5, 5.41) is 4.93. The Morgan fingerprint density at radius 3 is 1.96 bits per heavy atom. The Balaban J connectivity index is 0.000000330. The number of hydrogen-bond acceptors (Lipinski definition) is 9. The van der Waals surface area contributed by atoms with E-state index in [-0.39, 0.29) is 34.2 Å². The van der Waals surface area contributed by atoms with Crippen molar-refractivity contribution in [1.82, 2.24) is 13.8 Å². The van der Waals surface area contributed by atoms with Crippen LogP contribution < -0.4 is 26.5 Å². The van der Waals surface area contributed by atoms with Gasteiger partial charge in [-0.25, -0.2) is 17.1 Å². The first-order chi connectivity index (χ1) is 23.4. The number of aromatic nitrogens is 3. The number of rotatable bonds is 10. The van der Waals surface area contributed by atoms with E-state index in [2.05, 4.69) is 10.5 Å². The first-order valence-electron chi connectivity index (χ1n) is 15.7. The number of hydrogen-bond donors (Lipinski definition) is 3. The molecule has 2 aromatic heterocycles. The Hall–Kier alpha value is -5.59. The number of ketones is 1. The number of ether oxygens (including phenoxy) is 2. The Labute approximate surface area is 286 Å². The topological polar surface area (TPSA) is 156 Å². The maximum atomic E-state index is 13.8. The molecule has 12 heteroatoms. The van der Waals surface area contributed by atoms with Crippen LogP contribution in [0.3, 0.4) is 0 Å². The van der Waals surface area contributed by atoms with Crippen LogP contribution in [0.4, 0.5) is 11.5 Å². The molecule has 0 saturated carbocycles. The first-order valence-corrected chi connectivity index (χ1v) is 17.1. The van der Waals surface area contributed by atoms with Crippen molar-refractivity contribution in [2.45, 2.75) is 51.7 Å². The van der Waals surface area contributed by atoms with Crippen LogP contribution in [0.15, 0.2) is 114 Å². The van der Waals surface area contributed by atoms with Gasteiger partial charge in [-0.3, -0.25) is 10.6 Å². The van der Waals surface area contributed by atoms with E-state index in [0.717, 1.165) is 21.0 Å². The highest BCUT2D eigenvalue weighted by atomic mass is 32.2. The normalized spacial score (nSPS) is 11.3. The summed E-state index contributed by atoms with van der Waals surface area (Å²) >= 11 is 0. The fraction of sp³-hybridized carbons (Fsp3) is 0.189. The minimum atomic E-state index is -4.08. The molecular formula is C37H40N6O5S. The molecule has 0 aliphatic carbocycles. The van der Waals surface area contributed by atoms with E-state index in [1.807, 2.05) is 58.9 Å². The second-order valence-electron chi connectivity index (χ2n) is 11.9. The fourth-order valence-corrected chi connectivity index (χ4v) is 6.59. The lowest BCUT2D eigenvalue weighted by atomic mass is 10.1. The van der Waals surface area contributed by atoms with E-state index in [4.69, 9.17) is 21.1 Å². The van der Waals surface area contributed by atoms with Crippen LogP contribution in [0.25, 0.3) is 16.6 Å². The van der Waals surface area contributed by atoms with Crippen molar-refractivity contribution in [3.63, 3.8) is 0 Å². The number of fused-ring (bicyclic) bond motifs is 1. The van der Waals surface area contributed by atoms with E-state index >= 15 is 0 Å². The average molecular weight is 681 g/mol. The average Bonchev–Trinajstić information content (AvgIpc) is 3.66. The van der Waals surface area contributed by atoms with Crippen LogP contribution in [0.2, 0.25) is 0 Å². The Morgan fingerprint density at radius 1 is 0.816 bits per heavy atom. The molecule has 4 aromatic carbocycles. The third-order valence-electron chi connectivity index (χ3n) is 7.36. The number of para-hydroxylation sites is 1. The molecule has 0 fully saturated rings. The number of nitrogen functional groups attached to an aromatic ring is 2. The molecule has 6 rings (SSSR count). The van der Waals surface area contributed by atoms with Gasteiger partial charge in [0.1, 0.15) is 23.0 Å². The molecule has 0 saturated heterocycles. The standard InChI is InChI=1S/C28H26N4O4S.C9H14N2O/c1-18(2)36-22-12-10-21(11-13-22)31-28(29)24(17-30-31)27(33)26-16-20-6-4-5-7-25(20)32(26)37(34,35)23-14-8-19(3)9-15-23;1-7(2)12-9-5-3-8(11-10)4-6-9/h4-18H,29H2,1-3H3;3-7,11H,10H2,1-2H3. The van der Waals surface area contributed by atoms with Gasteiger partial charge in [-0.1, -0.05) is 35.9 Å². The number of hydrazine groups is 1. The van der Waals surface area contributed by atoms with Crippen LogP contribution in [0, 0.1) is 6.92 Å². The highest BCUT2D eigenvalue weighted by molar-refractivity contribution is 7.90. The van der Waals surface area contributed by atoms with Gasteiger partial charge in [0.15, 0.2) is 0 Å². The summed E-state index contributed by atoms with van der Waals surface area (Å²) in [7, 11) is -4.08. The van der Waals surface area contributed by atoms with Gasteiger partial charge in [-0.15, -0.1) is 0 Å². The maximum Gasteiger partial charge on any atom is 0.268 e. The predicted molar refractivity (Wildman–Crippen MR) is 193 cm³/mol. The van der Waals surface area contributed by atoms with Crippen LogP contribution in [-0.2, 0) is 10.0 Å². The Kier molecular flexibility index (Phi) is 10.4. The first kappa shape index (κ1) is 34.7. The van der Waals surface area contributed by atoms with Crippen molar-refractivity contribution in [1.29, 1.82) is 0 Å². The second-order valence-corrected chi connectivity index (χ2v) is 13.6. The van der Waals surface area contributed by atoms with Crippen LogP contribution in [0.1, 0.15) is 49.3 Å². The van der Waals surface area contributed by atoms with Gasteiger partial charge in [0.05, 0.1) is 40.1 Å². The van der Waals surface area contributed by atoms with Gasteiger partial charge in [0, 0.05) is 11.1 Å². The molecule has 6 aromatic rings. The zero-order valence-corrected chi connectivity index (χ0v) is 28.8. The third-order valence-corrected chi connectivity index (χ3v) is 9.10.